The number of aromatic carboxylic acids is 1. The number of carboxylic acid groups (broad SMARTS) is 2. The molecule has 2 aromatic carbocycles. The molecule has 1 aliphatic rings. The number of nitrogens with zero attached hydrogens (tertiary/aromatic N) is 3. The Morgan fingerprint density at radius 1 is 0.882 bits per heavy atom. The van der Waals surface area contributed by atoms with Crippen LogP contribution in [0.4, 0.5) is 18.9 Å². The molecule has 1 saturated heterocycles. The average molecular weight is 494 g/mol. The quantitative estimate of drug-likeness (QED) is 0.456. The smallest absolute Gasteiger partial charge is 0.476 e. The number of hydrogen-bond acceptors (Lipinski definition) is 6. The maximum Gasteiger partial charge on any atom is 0.490 e. The van der Waals surface area contributed by atoms with Crippen LogP contribution >= 0.6 is 11.8 Å². The van der Waals surface area contributed by atoms with Gasteiger partial charge in [0.2, 0.25) is 5.69 Å². The van der Waals surface area contributed by atoms with Gasteiger partial charge < -0.3 is 15.1 Å². The summed E-state index contributed by atoms with van der Waals surface area (Å²) in [4.78, 5) is 23.4. The van der Waals surface area contributed by atoms with Gasteiger partial charge in [-0.15, -0.1) is 10.2 Å². The lowest BCUT2D eigenvalue weighted by atomic mass is 10.0. The summed E-state index contributed by atoms with van der Waals surface area (Å²) in [6.45, 7) is 2.29. The molecule has 180 valence electrons. The van der Waals surface area contributed by atoms with E-state index in [9.17, 15) is 18.0 Å². The summed E-state index contributed by atoms with van der Waals surface area (Å²) in [6, 6.07) is 16.7. The fourth-order valence-corrected chi connectivity index (χ4v) is 4.09. The van der Waals surface area contributed by atoms with E-state index in [1.54, 1.807) is 0 Å². The summed E-state index contributed by atoms with van der Waals surface area (Å²) in [5.41, 5.74) is 3.53. The summed E-state index contributed by atoms with van der Waals surface area (Å²) in [5, 5.41) is 26.5. The van der Waals surface area contributed by atoms with Crippen LogP contribution in [-0.4, -0.2) is 56.8 Å². The molecule has 0 aliphatic carbocycles. The molecular formula is C22H21F3N4O4S. The van der Waals surface area contributed by atoms with E-state index in [1.807, 2.05) is 24.3 Å². The third-order valence-electron chi connectivity index (χ3n) is 4.95. The molecule has 0 unspecified atom stereocenters. The highest BCUT2D eigenvalue weighted by atomic mass is 32.2. The number of nitrogens with one attached hydrogen (secondary N) is 1. The Kier molecular flexibility index (Phi) is 8.16. The summed E-state index contributed by atoms with van der Waals surface area (Å²) in [7, 11) is 0. The Morgan fingerprint density at radius 3 is 1.91 bits per heavy atom. The van der Waals surface area contributed by atoms with Gasteiger partial charge in [0.05, 0.1) is 0 Å². The van der Waals surface area contributed by atoms with E-state index in [1.165, 1.54) is 42.3 Å². The molecule has 1 aromatic heterocycles. The number of halogens is 3. The van der Waals surface area contributed by atoms with Gasteiger partial charge in [0.15, 0.2) is 5.03 Å². The zero-order chi connectivity index (χ0) is 24.7. The van der Waals surface area contributed by atoms with Gasteiger partial charge in [0, 0.05) is 23.7 Å². The second-order valence-corrected chi connectivity index (χ2v) is 8.37. The van der Waals surface area contributed by atoms with Crippen molar-refractivity contribution < 1.29 is 33.0 Å². The first kappa shape index (κ1) is 25.1. The molecule has 0 amide bonds. The summed E-state index contributed by atoms with van der Waals surface area (Å²) >= 11 is 1.28. The Labute approximate surface area is 196 Å². The zero-order valence-electron chi connectivity index (χ0n) is 17.7. The Morgan fingerprint density at radius 2 is 1.41 bits per heavy atom. The summed E-state index contributed by atoms with van der Waals surface area (Å²) in [6.07, 6.45) is -1.20. The molecule has 34 heavy (non-hydrogen) atoms. The number of alkyl halides is 3. The predicted octanol–water partition coefficient (Wildman–Crippen LogP) is 4.94. The van der Waals surface area contributed by atoms with Crippen molar-refractivity contribution in [1.82, 2.24) is 15.4 Å². The lowest BCUT2D eigenvalue weighted by Crippen LogP contribution is -2.29. The van der Waals surface area contributed by atoms with Gasteiger partial charge in [0.1, 0.15) is 0 Å². The van der Waals surface area contributed by atoms with Gasteiger partial charge in [-0.2, -0.15) is 18.4 Å². The van der Waals surface area contributed by atoms with Gasteiger partial charge in [-0.1, -0.05) is 36.0 Å². The number of piperidine rings is 1. The first-order valence-electron chi connectivity index (χ1n) is 10.2. The van der Waals surface area contributed by atoms with Crippen LogP contribution in [0, 0.1) is 0 Å². The van der Waals surface area contributed by atoms with Crippen molar-refractivity contribution in [2.75, 3.05) is 18.0 Å². The number of aliphatic carboxylic acids is 1. The van der Waals surface area contributed by atoms with Crippen molar-refractivity contribution in [3.05, 3.63) is 54.2 Å². The van der Waals surface area contributed by atoms with Crippen LogP contribution in [0.25, 0.3) is 11.1 Å². The van der Waals surface area contributed by atoms with E-state index in [-0.39, 0.29) is 5.69 Å². The molecule has 0 radical (unpaired) electrons. The second kappa shape index (κ2) is 11.1. The lowest BCUT2D eigenvalue weighted by Gasteiger charge is -2.28. The van der Waals surface area contributed by atoms with Gasteiger partial charge >= 0.3 is 18.1 Å². The van der Waals surface area contributed by atoms with Crippen LogP contribution in [0.1, 0.15) is 29.8 Å². The summed E-state index contributed by atoms with van der Waals surface area (Å²) < 4.78 is 31.7. The van der Waals surface area contributed by atoms with Crippen molar-refractivity contribution in [3.63, 3.8) is 0 Å². The summed E-state index contributed by atoms with van der Waals surface area (Å²) in [5.74, 6) is -3.84. The third-order valence-corrected chi connectivity index (χ3v) is 5.94. The molecular weight excluding hydrogens is 473 g/mol. The monoisotopic (exact) mass is 494 g/mol. The first-order chi connectivity index (χ1) is 16.1. The van der Waals surface area contributed by atoms with E-state index in [2.05, 4.69) is 44.6 Å². The molecule has 8 nitrogen and oxygen atoms in total. The number of aromatic amines is 1. The molecule has 1 fully saturated rings. The molecule has 3 aromatic rings. The van der Waals surface area contributed by atoms with Crippen LogP contribution in [0.3, 0.4) is 0 Å². The maximum atomic E-state index is 11.1. The molecule has 0 saturated carbocycles. The minimum Gasteiger partial charge on any atom is -0.476 e. The predicted molar refractivity (Wildman–Crippen MR) is 119 cm³/mol. The van der Waals surface area contributed by atoms with Crippen LogP contribution in [0.2, 0.25) is 0 Å². The average Bonchev–Trinajstić information content (AvgIpc) is 3.29. The molecule has 2 heterocycles. The highest BCUT2D eigenvalue weighted by Crippen LogP contribution is 2.31. The van der Waals surface area contributed by atoms with Crippen molar-refractivity contribution in [2.45, 2.75) is 35.4 Å². The van der Waals surface area contributed by atoms with E-state index in [4.69, 9.17) is 15.0 Å². The van der Waals surface area contributed by atoms with Crippen molar-refractivity contribution in [2.24, 2.45) is 0 Å². The zero-order valence-corrected chi connectivity index (χ0v) is 18.6. The molecule has 4 rings (SSSR count). The van der Waals surface area contributed by atoms with Crippen LogP contribution in [-0.2, 0) is 4.79 Å². The number of rotatable bonds is 5. The van der Waals surface area contributed by atoms with Crippen molar-refractivity contribution in [3.8, 4) is 11.1 Å². The SMILES string of the molecule is O=C(O)C(F)(F)F.O=C(O)c1n[nH]nc1Sc1ccc(-c2ccc(N3CCCCC3)cc2)cc1. The Balaban J connectivity index is 0.000000406. The Bertz CT molecular complexity index is 1110. The van der Waals surface area contributed by atoms with E-state index < -0.39 is 18.1 Å². The van der Waals surface area contributed by atoms with Gasteiger partial charge in [-0.25, -0.2) is 9.59 Å². The minimum atomic E-state index is -5.08. The fraction of sp³-hybridized carbons (Fsp3) is 0.273. The molecule has 12 heteroatoms. The number of carboxylic acids is 2. The molecule has 0 spiro atoms. The fourth-order valence-electron chi connectivity index (χ4n) is 3.28. The lowest BCUT2D eigenvalue weighted by molar-refractivity contribution is -0.192. The topological polar surface area (TPSA) is 119 Å². The number of hydrogen-bond donors (Lipinski definition) is 3. The van der Waals surface area contributed by atoms with Gasteiger partial charge in [0.25, 0.3) is 0 Å². The highest BCUT2D eigenvalue weighted by molar-refractivity contribution is 7.99. The normalized spacial score (nSPS) is 13.7. The molecule has 3 N–H and O–H groups in total. The minimum absolute atomic E-state index is 0.0580. The van der Waals surface area contributed by atoms with Crippen LogP contribution < -0.4 is 4.90 Å². The van der Waals surface area contributed by atoms with Gasteiger partial charge in [-0.05, 0) is 54.7 Å². The number of anilines is 1. The van der Waals surface area contributed by atoms with E-state index in [0.29, 0.717) is 5.03 Å². The number of benzene rings is 2. The van der Waals surface area contributed by atoms with Crippen LogP contribution in [0.5, 0.6) is 0 Å². The number of carbonyl (C=O) groups is 2. The molecule has 1 aliphatic heterocycles. The Hall–Kier alpha value is -3.54. The van der Waals surface area contributed by atoms with E-state index in [0.717, 1.165) is 23.5 Å². The molecule has 0 atom stereocenters. The van der Waals surface area contributed by atoms with E-state index >= 15 is 0 Å². The highest BCUT2D eigenvalue weighted by Gasteiger charge is 2.38. The standard InChI is InChI=1S/C20H20N4O2S.C2HF3O2/c25-20(26)18-19(22-23-21-18)27-17-10-6-15(7-11-17)14-4-8-16(9-5-14)24-12-2-1-3-13-24;3-2(4,5)1(6)7/h4-11H,1-3,12-13H2,(H,25,26)(H,21,22,23);(H,6,7). The van der Waals surface area contributed by atoms with Crippen molar-refractivity contribution >= 4 is 29.4 Å². The third kappa shape index (κ3) is 6.73. The largest absolute Gasteiger partial charge is 0.490 e. The van der Waals surface area contributed by atoms with Crippen LogP contribution in [0.15, 0.2) is 58.5 Å². The van der Waals surface area contributed by atoms with Crippen molar-refractivity contribution in [1.29, 1.82) is 0 Å². The number of aromatic nitrogens is 3. The van der Waals surface area contributed by atoms with Gasteiger partial charge in [-0.3, -0.25) is 0 Å². The number of H-pyrrole nitrogens is 1. The molecule has 0 bridgehead atoms. The first-order valence-corrected chi connectivity index (χ1v) is 11.0. The maximum absolute atomic E-state index is 11.1. The second-order valence-electron chi connectivity index (χ2n) is 7.31.